The number of rotatable bonds is 5. The molecule has 1 aromatic rings. The Bertz CT molecular complexity index is 336. The standard InChI is InChI=1S/C12H18N2S/c1-3-14(9-12(13)15)8-11-6-4-5-10(2)7-11/h4-7H,3,8-9H2,1-2H3,(H2,13,15). The lowest BCUT2D eigenvalue weighted by Crippen LogP contribution is -2.32. The molecule has 15 heavy (non-hydrogen) atoms. The fraction of sp³-hybridized carbons (Fsp3) is 0.417. The summed E-state index contributed by atoms with van der Waals surface area (Å²) in [5.74, 6) is 0. The summed E-state index contributed by atoms with van der Waals surface area (Å²) >= 11 is 4.92. The van der Waals surface area contributed by atoms with Gasteiger partial charge in [-0.15, -0.1) is 0 Å². The zero-order valence-electron chi connectivity index (χ0n) is 9.36. The van der Waals surface area contributed by atoms with Crippen molar-refractivity contribution in [2.45, 2.75) is 20.4 Å². The van der Waals surface area contributed by atoms with Crippen molar-refractivity contribution < 1.29 is 0 Å². The van der Waals surface area contributed by atoms with Crippen molar-refractivity contribution in [1.29, 1.82) is 0 Å². The second-order valence-corrected chi connectivity index (χ2v) is 4.28. The van der Waals surface area contributed by atoms with Crippen LogP contribution in [0.25, 0.3) is 0 Å². The summed E-state index contributed by atoms with van der Waals surface area (Å²) in [5.41, 5.74) is 8.15. The largest absolute Gasteiger partial charge is 0.392 e. The number of hydrogen-bond donors (Lipinski definition) is 1. The Hall–Kier alpha value is -0.930. The zero-order chi connectivity index (χ0) is 11.3. The van der Waals surface area contributed by atoms with Crippen LogP contribution in [0.15, 0.2) is 24.3 Å². The van der Waals surface area contributed by atoms with Crippen LogP contribution in [0.4, 0.5) is 0 Å². The van der Waals surface area contributed by atoms with Crippen LogP contribution in [0.2, 0.25) is 0 Å². The van der Waals surface area contributed by atoms with E-state index in [0.717, 1.165) is 13.1 Å². The molecule has 0 heterocycles. The van der Waals surface area contributed by atoms with Crippen molar-refractivity contribution in [2.24, 2.45) is 5.73 Å². The predicted molar refractivity (Wildman–Crippen MR) is 68.9 cm³/mol. The van der Waals surface area contributed by atoms with E-state index in [1.54, 1.807) is 0 Å². The summed E-state index contributed by atoms with van der Waals surface area (Å²) < 4.78 is 0. The summed E-state index contributed by atoms with van der Waals surface area (Å²) in [7, 11) is 0. The molecule has 0 unspecified atom stereocenters. The first-order chi connectivity index (χ1) is 7.11. The molecule has 0 aliphatic heterocycles. The highest BCUT2D eigenvalue weighted by atomic mass is 32.1. The van der Waals surface area contributed by atoms with Gasteiger partial charge in [-0.1, -0.05) is 49.0 Å². The third-order valence-corrected chi connectivity index (χ3v) is 2.44. The average molecular weight is 222 g/mol. The molecule has 1 aromatic carbocycles. The molecule has 0 aliphatic rings. The second-order valence-electron chi connectivity index (χ2n) is 3.76. The Labute approximate surface area is 97.1 Å². The van der Waals surface area contributed by atoms with Crippen LogP contribution < -0.4 is 5.73 Å². The Kier molecular flexibility index (Phi) is 4.72. The Morgan fingerprint density at radius 2 is 2.20 bits per heavy atom. The van der Waals surface area contributed by atoms with Crippen molar-refractivity contribution in [1.82, 2.24) is 4.90 Å². The van der Waals surface area contributed by atoms with Gasteiger partial charge >= 0.3 is 0 Å². The minimum atomic E-state index is 0.560. The third-order valence-electron chi connectivity index (χ3n) is 2.32. The molecule has 0 saturated heterocycles. The van der Waals surface area contributed by atoms with Gasteiger partial charge in [0.05, 0.1) is 4.99 Å². The lowest BCUT2D eigenvalue weighted by Gasteiger charge is -2.19. The van der Waals surface area contributed by atoms with Crippen molar-refractivity contribution >= 4 is 17.2 Å². The lowest BCUT2D eigenvalue weighted by atomic mass is 10.1. The average Bonchev–Trinajstić information content (AvgIpc) is 2.16. The van der Waals surface area contributed by atoms with E-state index in [2.05, 4.69) is 43.0 Å². The van der Waals surface area contributed by atoms with Crippen molar-refractivity contribution in [2.75, 3.05) is 13.1 Å². The first kappa shape index (κ1) is 12.1. The quantitative estimate of drug-likeness (QED) is 0.774. The molecule has 2 nitrogen and oxygen atoms in total. The van der Waals surface area contributed by atoms with E-state index in [4.69, 9.17) is 18.0 Å². The van der Waals surface area contributed by atoms with Gasteiger partial charge in [-0.05, 0) is 19.0 Å². The Morgan fingerprint density at radius 3 is 2.73 bits per heavy atom. The maximum Gasteiger partial charge on any atom is 0.0870 e. The molecule has 82 valence electrons. The smallest absolute Gasteiger partial charge is 0.0870 e. The zero-order valence-corrected chi connectivity index (χ0v) is 10.2. The fourth-order valence-electron chi connectivity index (χ4n) is 1.57. The molecule has 0 bridgehead atoms. The first-order valence-corrected chi connectivity index (χ1v) is 5.59. The van der Waals surface area contributed by atoms with E-state index < -0.39 is 0 Å². The SMILES string of the molecule is CCN(CC(N)=S)Cc1cccc(C)c1. The van der Waals surface area contributed by atoms with Crippen molar-refractivity contribution in [3.8, 4) is 0 Å². The van der Waals surface area contributed by atoms with Gasteiger partial charge in [-0.2, -0.15) is 0 Å². The third kappa shape index (κ3) is 4.40. The molecule has 3 heteroatoms. The molecule has 0 spiro atoms. The molecule has 0 aliphatic carbocycles. The highest BCUT2D eigenvalue weighted by molar-refractivity contribution is 7.80. The van der Waals surface area contributed by atoms with Crippen LogP contribution >= 0.6 is 12.2 Å². The summed E-state index contributed by atoms with van der Waals surface area (Å²) in [6.07, 6.45) is 0. The topological polar surface area (TPSA) is 29.3 Å². The van der Waals surface area contributed by atoms with Gasteiger partial charge in [0.15, 0.2) is 0 Å². The highest BCUT2D eigenvalue weighted by Crippen LogP contribution is 2.07. The van der Waals surface area contributed by atoms with Gasteiger partial charge in [-0.25, -0.2) is 0 Å². The van der Waals surface area contributed by atoms with E-state index in [1.165, 1.54) is 11.1 Å². The van der Waals surface area contributed by atoms with E-state index in [9.17, 15) is 0 Å². The van der Waals surface area contributed by atoms with Gasteiger partial charge < -0.3 is 5.73 Å². The van der Waals surface area contributed by atoms with Crippen LogP contribution in [0.5, 0.6) is 0 Å². The molecule has 2 N–H and O–H groups in total. The minimum Gasteiger partial charge on any atom is -0.392 e. The van der Waals surface area contributed by atoms with Gasteiger partial charge in [0.1, 0.15) is 0 Å². The number of nitrogens with zero attached hydrogens (tertiary/aromatic N) is 1. The van der Waals surface area contributed by atoms with Gasteiger partial charge in [-0.3, -0.25) is 4.90 Å². The number of hydrogen-bond acceptors (Lipinski definition) is 2. The number of aryl methyl sites for hydroxylation is 1. The molecule has 0 saturated carbocycles. The van der Waals surface area contributed by atoms with Crippen LogP contribution in [-0.4, -0.2) is 23.0 Å². The summed E-state index contributed by atoms with van der Waals surface area (Å²) in [6, 6.07) is 8.52. The second kappa shape index (κ2) is 5.83. The molecular weight excluding hydrogens is 204 g/mol. The van der Waals surface area contributed by atoms with E-state index in [1.807, 2.05) is 0 Å². The van der Waals surface area contributed by atoms with Gasteiger partial charge in [0.2, 0.25) is 0 Å². The minimum absolute atomic E-state index is 0.560. The van der Waals surface area contributed by atoms with Crippen LogP contribution in [-0.2, 0) is 6.54 Å². The maximum absolute atomic E-state index is 5.54. The van der Waals surface area contributed by atoms with E-state index in [-0.39, 0.29) is 0 Å². The Balaban J connectivity index is 2.62. The fourth-order valence-corrected chi connectivity index (χ4v) is 1.75. The molecule has 0 fully saturated rings. The predicted octanol–water partition coefficient (Wildman–Crippen LogP) is 2.10. The molecule has 0 atom stereocenters. The number of likely N-dealkylation sites (N-methyl/N-ethyl adjacent to an activating group) is 1. The van der Waals surface area contributed by atoms with Crippen molar-refractivity contribution in [3.63, 3.8) is 0 Å². The molecule has 1 rings (SSSR count). The summed E-state index contributed by atoms with van der Waals surface area (Å²) in [6.45, 7) is 6.79. The van der Waals surface area contributed by atoms with Crippen molar-refractivity contribution in [3.05, 3.63) is 35.4 Å². The normalized spacial score (nSPS) is 10.6. The number of benzene rings is 1. The van der Waals surface area contributed by atoms with Crippen LogP contribution in [0.1, 0.15) is 18.1 Å². The highest BCUT2D eigenvalue weighted by Gasteiger charge is 2.04. The van der Waals surface area contributed by atoms with E-state index in [0.29, 0.717) is 11.5 Å². The number of nitrogens with two attached hydrogens (primary N) is 1. The molecular formula is C12H18N2S. The summed E-state index contributed by atoms with van der Waals surface area (Å²) in [5, 5.41) is 0. The van der Waals surface area contributed by atoms with Gasteiger partial charge in [0.25, 0.3) is 0 Å². The number of thiocarbonyl (C=S) groups is 1. The maximum atomic E-state index is 5.54. The van der Waals surface area contributed by atoms with E-state index >= 15 is 0 Å². The van der Waals surface area contributed by atoms with Crippen LogP contribution in [0.3, 0.4) is 0 Å². The lowest BCUT2D eigenvalue weighted by molar-refractivity contribution is 0.321. The molecule has 0 radical (unpaired) electrons. The monoisotopic (exact) mass is 222 g/mol. The Morgan fingerprint density at radius 1 is 1.47 bits per heavy atom. The van der Waals surface area contributed by atoms with Crippen LogP contribution in [0, 0.1) is 6.92 Å². The summed E-state index contributed by atoms with van der Waals surface area (Å²) in [4.78, 5) is 2.79. The van der Waals surface area contributed by atoms with Gasteiger partial charge in [0, 0.05) is 13.1 Å². The molecule has 0 amide bonds. The molecule has 0 aromatic heterocycles. The first-order valence-electron chi connectivity index (χ1n) is 5.18.